The molecule has 0 bridgehead atoms. The number of benzene rings is 4. The summed E-state index contributed by atoms with van der Waals surface area (Å²) >= 11 is 0. The molecule has 0 saturated carbocycles. The van der Waals surface area contributed by atoms with Crippen LogP contribution >= 0.6 is 0 Å². The summed E-state index contributed by atoms with van der Waals surface area (Å²) in [5, 5.41) is 7.95. The van der Waals surface area contributed by atoms with Crippen molar-refractivity contribution in [3.63, 3.8) is 0 Å². The third-order valence-electron chi connectivity index (χ3n) is 3.32. The fourth-order valence-electron chi connectivity index (χ4n) is 2.60. The van der Waals surface area contributed by atoms with Crippen molar-refractivity contribution in [3.8, 4) is 0 Å². The molecule has 0 fully saturated rings. The number of halogens is 1. The van der Waals surface area contributed by atoms with Gasteiger partial charge in [-0.1, -0.05) is 30.3 Å². The van der Waals surface area contributed by atoms with Gasteiger partial charge in [0.05, 0.1) is 0 Å². The Bertz CT molecular complexity index is 678. The molecule has 0 amide bonds. The summed E-state index contributed by atoms with van der Waals surface area (Å²) in [4.78, 5) is 0. The molecule has 0 N–H and O–H groups in total. The van der Waals surface area contributed by atoms with Crippen molar-refractivity contribution in [2.75, 3.05) is 0 Å². The van der Waals surface area contributed by atoms with Gasteiger partial charge in [0.2, 0.25) is 0 Å². The zero-order valence-corrected chi connectivity index (χ0v) is 12.8. The van der Waals surface area contributed by atoms with Gasteiger partial charge in [-0.25, -0.2) is 0 Å². The van der Waals surface area contributed by atoms with Gasteiger partial charge in [0.25, 0.3) is 0 Å². The minimum absolute atomic E-state index is 0. The molecular formula is C16H9BrMg. The molecule has 0 aliphatic rings. The molecule has 0 radical (unpaired) electrons. The first kappa shape index (κ1) is 13.6. The van der Waals surface area contributed by atoms with E-state index in [2.05, 4.69) is 60.7 Å². The summed E-state index contributed by atoms with van der Waals surface area (Å²) in [5.74, 6) is 0. The van der Waals surface area contributed by atoms with Crippen molar-refractivity contribution in [2.24, 2.45) is 0 Å². The minimum atomic E-state index is 0. The van der Waals surface area contributed by atoms with Gasteiger partial charge in [-0.3, -0.25) is 0 Å². The Labute approximate surface area is 132 Å². The van der Waals surface area contributed by atoms with E-state index in [1.165, 1.54) is 32.3 Å². The van der Waals surface area contributed by atoms with E-state index < -0.39 is 0 Å². The van der Waals surface area contributed by atoms with Crippen LogP contribution in [-0.2, 0) is 0 Å². The first-order valence-corrected chi connectivity index (χ1v) is 5.47. The summed E-state index contributed by atoms with van der Waals surface area (Å²) in [5.41, 5.74) is 0. The maximum absolute atomic E-state index is 3.20. The first-order valence-electron chi connectivity index (χ1n) is 5.47. The molecule has 4 rings (SSSR count). The molecule has 0 nitrogen and oxygen atoms in total. The molecule has 0 atom stereocenters. The topological polar surface area (TPSA) is 0 Å². The van der Waals surface area contributed by atoms with E-state index in [0.29, 0.717) is 0 Å². The number of hydrogen-bond acceptors (Lipinski definition) is 0. The molecule has 0 saturated heterocycles. The molecule has 0 aromatic heterocycles. The van der Waals surface area contributed by atoms with Crippen LogP contribution in [0.2, 0.25) is 0 Å². The van der Waals surface area contributed by atoms with Crippen molar-refractivity contribution in [2.45, 2.75) is 0 Å². The quantitative estimate of drug-likeness (QED) is 0.258. The molecule has 18 heavy (non-hydrogen) atoms. The Balaban J connectivity index is 0.000000602. The van der Waals surface area contributed by atoms with Crippen LogP contribution in [0.15, 0.2) is 54.6 Å². The molecular weight excluding hydrogens is 296 g/mol. The second kappa shape index (κ2) is 5.04. The zero-order valence-electron chi connectivity index (χ0n) is 9.78. The van der Waals surface area contributed by atoms with Gasteiger partial charge < -0.3 is 17.0 Å². The maximum atomic E-state index is 3.20. The van der Waals surface area contributed by atoms with Crippen LogP contribution in [0.1, 0.15) is 0 Å². The molecule has 4 aromatic carbocycles. The van der Waals surface area contributed by atoms with E-state index >= 15 is 0 Å². The zero-order chi connectivity index (χ0) is 10.5. The maximum Gasteiger partial charge on any atom is 2.00 e. The fourth-order valence-corrected chi connectivity index (χ4v) is 2.60. The van der Waals surface area contributed by atoms with E-state index in [4.69, 9.17) is 0 Å². The van der Waals surface area contributed by atoms with Crippen LogP contribution in [0.3, 0.4) is 0 Å². The summed E-state index contributed by atoms with van der Waals surface area (Å²) in [6.45, 7) is 0. The van der Waals surface area contributed by atoms with Crippen LogP contribution < -0.4 is 17.0 Å². The van der Waals surface area contributed by atoms with Crippen molar-refractivity contribution < 1.29 is 17.0 Å². The Morgan fingerprint density at radius 1 is 0.611 bits per heavy atom. The second-order valence-corrected chi connectivity index (χ2v) is 4.22. The molecule has 0 spiro atoms. The molecule has 82 valence electrons. The SMILES string of the molecule is [Br-].[Mg+2].[c-]1cc2ccc3cccc4ccc(c1)c2c34. The largest absolute Gasteiger partial charge is 2.00 e. The summed E-state index contributed by atoms with van der Waals surface area (Å²) in [7, 11) is 0. The molecule has 0 unspecified atom stereocenters. The van der Waals surface area contributed by atoms with Gasteiger partial charge in [-0.2, -0.15) is 18.2 Å². The van der Waals surface area contributed by atoms with E-state index in [1.54, 1.807) is 0 Å². The molecule has 0 aliphatic heterocycles. The van der Waals surface area contributed by atoms with E-state index in [-0.39, 0.29) is 40.0 Å². The van der Waals surface area contributed by atoms with Crippen LogP contribution in [0.25, 0.3) is 32.3 Å². The normalized spacial score (nSPS) is 10.4. The van der Waals surface area contributed by atoms with Crippen molar-refractivity contribution in [1.29, 1.82) is 0 Å². The average Bonchev–Trinajstić information content (AvgIpc) is 2.36. The Hall–Kier alpha value is -0.834. The Morgan fingerprint density at radius 2 is 1.06 bits per heavy atom. The number of hydrogen-bond donors (Lipinski definition) is 0. The Kier molecular flexibility index (Phi) is 3.81. The molecule has 2 heteroatoms. The molecule has 4 aromatic rings. The van der Waals surface area contributed by atoms with Gasteiger partial charge in [-0.05, 0) is 16.2 Å². The van der Waals surface area contributed by atoms with Gasteiger partial charge in [0.1, 0.15) is 0 Å². The predicted molar refractivity (Wildman–Crippen MR) is 74.7 cm³/mol. The summed E-state index contributed by atoms with van der Waals surface area (Å²) < 4.78 is 0. The van der Waals surface area contributed by atoms with E-state index in [9.17, 15) is 0 Å². The minimum Gasteiger partial charge on any atom is -1.00 e. The molecule has 0 aliphatic carbocycles. The van der Waals surface area contributed by atoms with Crippen LogP contribution in [0.5, 0.6) is 0 Å². The third-order valence-corrected chi connectivity index (χ3v) is 3.32. The van der Waals surface area contributed by atoms with Crippen molar-refractivity contribution in [3.05, 3.63) is 60.7 Å². The number of rotatable bonds is 0. The predicted octanol–water partition coefficient (Wildman–Crippen LogP) is 1.01. The van der Waals surface area contributed by atoms with E-state index in [1.807, 2.05) is 0 Å². The fraction of sp³-hybridized carbons (Fsp3) is 0. The monoisotopic (exact) mass is 304 g/mol. The van der Waals surface area contributed by atoms with Crippen molar-refractivity contribution in [1.82, 2.24) is 0 Å². The van der Waals surface area contributed by atoms with Crippen LogP contribution in [0, 0.1) is 6.07 Å². The third kappa shape index (κ3) is 1.80. The average molecular weight is 305 g/mol. The standard InChI is InChI=1S/C16H9.BrH.Mg/c1-3-11-7-9-13-5-2-6-14-10-8-12(4-1)15(11)16(13)14;;/h1,3-10H;1H;/q-1;;+2/p-1. The summed E-state index contributed by atoms with van der Waals surface area (Å²) in [6.07, 6.45) is 0. The van der Waals surface area contributed by atoms with E-state index in [0.717, 1.165) is 0 Å². The molecule has 0 heterocycles. The van der Waals surface area contributed by atoms with Gasteiger partial charge >= 0.3 is 23.1 Å². The van der Waals surface area contributed by atoms with Gasteiger partial charge in [0, 0.05) is 0 Å². The van der Waals surface area contributed by atoms with Gasteiger partial charge in [0.15, 0.2) is 0 Å². The first-order chi connectivity index (χ1) is 7.93. The Morgan fingerprint density at radius 3 is 1.61 bits per heavy atom. The smallest absolute Gasteiger partial charge is 1.00 e. The summed E-state index contributed by atoms with van der Waals surface area (Å²) in [6, 6.07) is 22.5. The second-order valence-electron chi connectivity index (χ2n) is 4.22. The van der Waals surface area contributed by atoms with Gasteiger partial charge in [-0.15, -0.1) is 28.3 Å². The van der Waals surface area contributed by atoms with Crippen LogP contribution in [-0.4, -0.2) is 23.1 Å². The van der Waals surface area contributed by atoms with Crippen molar-refractivity contribution >= 4 is 55.4 Å². The van der Waals surface area contributed by atoms with Crippen LogP contribution in [0.4, 0.5) is 0 Å².